The fourth-order valence-electron chi connectivity index (χ4n) is 7.07. The molecule has 2 fully saturated rings. The molecule has 3 aliphatic rings. The van der Waals surface area contributed by atoms with Gasteiger partial charge in [0.1, 0.15) is 5.54 Å². The molecule has 1 amide bonds. The molecule has 0 bridgehead atoms. The Morgan fingerprint density at radius 1 is 1.11 bits per heavy atom. The highest BCUT2D eigenvalue weighted by Gasteiger charge is 2.69. The number of aryl methyl sites for hydroxylation is 2. The molecule has 1 N–H and O–H groups in total. The average Bonchev–Trinajstić information content (AvgIpc) is 3.54. The Hall–Kier alpha value is -3.26. The van der Waals surface area contributed by atoms with Gasteiger partial charge in [0.25, 0.3) is 5.69 Å². The van der Waals surface area contributed by atoms with Crippen molar-refractivity contribution in [1.29, 1.82) is 0 Å². The molecule has 3 heterocycles. The number of nitro benzene ring substituents is 1. The maximum atomic E-state index is 14.6. The second kappa shape index (κ2) is 8.90. The summed E-state index contributed by atoms with van der Waals surface area (Å²) in [6.07, 6.45) is 1.63. The number of amides is 1. The van der Waals surface area contributed by atoms with Crippen LogP contribution in [0, 0.1) is 29.9 Å². The maximum Gasteiger partial charge on any atom is 0.269 e. The Balaban J connectivity index is 1.64. The first-order valence-corrected chi connectivity index (χ1v) is 13.3. The molecule has 0 aliphatic carbocycles. The second-order valence-corrected chi connectivity index (χ2v) is 11.3. The van der Waals surface area contributed by atoms with Gasteiger partial charge in [0.2, 0.25) is 5.91 Å². The van der Waals surface area contributed by atoms with Gasteiger partial charge in [-0.05, 0) is 62.6 Å². The van der Waals surface area contributed by atoms with Gasteiger partial charge in [-0.25, -0.2) is 0 Å². The summed E-state index contributed by atoms with van der Waals surface area (Å²) in [6.45, 7) is 4.57. The Kier molecular flexibility index (Phi) is 5.87. The molecule has 0 aromatic heterocycles. The van der Waals surface area contributed by atoms with Crippen molar-refractivity contribution in [2.45, 2.75) is 44.2 Å². The van der Waals surface area contributed by atoms with Gasteiger partial charge >= 0.3 is 0 Å². The van der Waals surface area contributed by atoms with Gasteiger partial charge in [-0.2, -0.15) is 0 Å². The van der Waals surface area contributed by atoms with E-state index in [0.717, 1.165) is 35.2 Å². The summed E-state index contributed by atoms with van der Waals surface area (Å²) in [5, 5.41) is 15.4. The molecule has 194 valence electrons. The number of hydrogen-bond acceptors (Lipinski definition) is 5. The van der Waals surface area contributed by atoms with Crippen LogP contribution in [0.25, 0.3) is 0 Å². The summed E-state index contributed by atoms with van der Waals surface area (Å²) >= 11 is 12.5. The SMILES string of the molecule is Cc1cc(C)c2c(c1)[C@]1(C(=O)N2)C(C(=O)c2ccc(Cl)c(Cl)c2)C(c2cccc([N+](=O)[O-])c2)C2CCCN21. The number of carbonyl (C=O) groups excluding carboxylic acids is 2. The minimum absolute atomic E-state index is 0.0447. The van der Waals surface area contributed by atoms with Crippen LogP contribution in [0.3, 0.4) is 0 Å². The minimum Gasteiger partial charge on any atom is -0.324 e. The fraction of sp³-hybridized carbons (Fsp3) is 0.310. The van der Waals surface area contributed by atoms with Crippen molar-refractivity contribution in [2.24, 2.45) is 5.92 Å². The summed E-state index contributed by atoms with van der Waals surface area (Å²) in [6, 6.07) is 15.1. The molecule has 3 aromatic carbocycles. The molecule has 3 unspecified atom stereocenters. The van der Waals surface area contributed by atoms with Gasteiger partial charge in [-0.1, -0.05) is 53.0 Å². The fourth-order valence-corrected chi connectivity index (χ4v) is 7.36. The van der Waals surface area contributed by atoms with Crippen molar-refractivity contribution in [3.63, 3.8) is 0 Å². The van der Waals surface area contributed by atoms with Crippen LogP contribution in [-0.2, 0) is 10.3 Å². The monoisotopic (exact) mass is 549 g/mol. The quantitative estimate of drug-likeness (QED) is 0.230. The third kappa shape index (κ3) is 3.45. The number of rotatable bonds is 4. The van der Waals surface area contributed by atoms with Gasteiger partial charge in [-0.15, -0.1) is 0 Å². The van der Waals surface area contributed by atoms with Crippen molar-refractivity contribution in [2.75, 3.05) is 11.9 Å². The summed E-state index contributed by atoms with van der Waals surface area (Å²) in [4.78, 5) is 42.2. The minimum atomic E-state index is -1.26. The van der Waals surface area contributed by atoms with Crippen molar-refractivity contribution in [3.05, 3.63) is 103 Å². The van der Waals surface area contributed by atoms with E-state index in [1.54, 1.807) is 30.3 Å². The number of non-ortho nitro benzene ring substituents is 1. The maximum absolute atomic E-state index is 14.6. The van der Waals surface area contributed by atoms with Crippen LogP contribution < -0.4 is 5.32 Å². The van der Waals surface area contributed by atoms with Crippen molar-refractivity contribution >= 4 is 46.3 Å². The van der Waals surface area contributed by atoms with Crippen molar-refractivity contribution < 1.29 is 14.5 Å². The first-order valence-electron chi connectivity index (χ1n) is 12.6. The average molecular weight is 550 g/mol. The number of halogens is 2. The summed E-state index contributed by atoms with van der Waals surface area (Å²) < 4.78 is 0. The zero-order chi connectivity index (χ0) is 26.9. The molecule has 7 nitrogen and oxygen atoms in total. The largest absolute Gasteiger partial charge is 0.324 e. The number of nitrogens with zero attached hydrogens (tertiary/aromatic N) is 2. The van der Waals surface area contributed by atoms with Gasteiger partial charge in [0, 0.05) is 40.9 Å². The van der Waals surface area contributed by atoms with E-state index in [-0.39, 0.29) is 28.4 Å². The van der Waals surface area contributed by atoms with Crippen molar-refractivity contribution in [1.82, 2.24) is 4.90 Å². The summed E-state index contributed by atoms with van der Waals surface area (Å²) in [7, 11) is 0. The smallest absolute Gasteiger partial charge is 0.269 e. The Labute approximate surface area is 229 Å². The van der Waals surface area contributed by atoms with Crippen LogP contribution in [0.15, 0.2) is 54.6 Å². The number of nitrogens with one attached hydrogen (secondary N) is 1. The molecule has 38 heavy (non-hydrogen) atoms. The van der Waals surface area contributed by atoms with Crippen LogP contribution in [0.2, 0.25) is 10.0 Å². The molecule has 0 saturated carbocycles. The highest BCUT2D eigenvalue weighted by atomic mass is 35.5. The number of ketones is 1. The lowest BCUT2D eigenvalue weighted by atomic mass is 9.68. The van der Waals surface area contributed by atoms with E-state index >= 15 is 0 Å². The Bertz CT molecular complexity index is 1540. The Morgan fingerprint density at radius 3 is 2.63 bits per heavy atom. The number of benzene rings is 3. The predicted molar refractivity (Wildman–Crippen MR) is 146 cm³/mol. The lowest BCUT2D eigenvalue weighted by molar-refractivity contribution is -0.384. The zero-order valence-corrected chi connectivity index (χ0v) is 22.3. The molecular weight excluding hydrogens is 525 g/mol. The van der Waals surface area contributed by atoms with E-state index in [0.29, 0.717) is 22.7 Å². The van der Waals surface area contributed by atoms with Crippen molar-refractivity contribution in [3.8, 4) is 0 Å². The van der Waals surface area contributed by atoms with Gasteiger partial charge in [-0.3, -0.25) is 24.6 Å². The lowest BCUT2D eigenvalue weighted by Gasteiger charge is -2.37. The third-order valence-electron chi connectivity index (χ3n) is 8.40. The van der Waals surface area contributed by atoms with E-state index in [4.69, 9.17) is 23.2 Å². The van der Waals surface area contributed by atoms with E-state index in [2.05, 4.69) is 10.2 Å². The van der Waals surface area contributed by atoms with Crippen LogP contribution in [0.4, 0.5) is 11.4 Å². The first kappa shape index (κ1) is 25.0. The molecule has 4 atom stereocenters. The van der Waals surface area contributed by atoms with Crippen LogP contribution in [0.5, 0.6) is 0 Å². The lowest BCUT2D eigenvalue weighted by Crippen LogP contribution is -2.52. The molecular formula is C29H25Cl2N3O4. The highest BCUT2D eigenvalue weighted by Crippen LogP contribution is 2.61. The van der Waals surface area contributed by atoms with Gasteiger partial charge in [0.05, 0.1) is 20.9 Å². The highest BCUT2D eigenvalue weighted by molar-refractivity contribution is 6.42. The molecule has 2 saturated heterocycles. The van der Waals surface area contributed by atoms with E-state index in [1.807, 2.05) is 32.0 Å². The van der Waals surface area contributed by atoms with Crippen LogP contribution in [0.1, 0.15) is 51.4 Å². The molecule has 6 rings (SSSR count). The molecule has 9 heteroatoms. The first-order chi connectivity index (χ1) is 18.1. The third-order valence-corrected chi connectivity index (χ3v) is 9.14. The van der Waals surface area contributed by atoms with Gasteiger partial charge < -0.3 is 5.32 Å². The number of fused-ring (bicyclic) bond motifs is 4. The second-order valence-electron chi connectivity index (χ2n) is 10.5. The summed E-state index contributed by atoms with van der Waals surface area (Å²) in [5.74, 6) is -1.76. The molecule has 1 spiro atoms. The van der Waals surface area contributed by atoms with E-state index in [1.165, 1.54) is 6.07 Å². The van der Waals surface area contributed by atoms with Gasteiger partial charge in [0.15, 0.2) is 5.78 Å². The molecule has 3 aliphatic heterocycles. The number of nitro groups is 1. The predicted octanol–water partition coefficient (Wildman–Crippen LogP) is 6.43. The van der Waals surface area contributed by atoms with Crippen LogP contribution >= 0.6 is 23.2 Å². The van der Waals surface area contributed by atoms with Crippen LogP contribution in [-0.4, -0.2) is 34.1 Å². The Morgan fingerprint density at radius 2 is 1.89 bits per heavy atom. The normalized spacial score (nSPS) is 25.9. The number of Topliss-reactive ketones (excluding diaryl/α,β-unsaturated/α-hetero) is 1. The number of carbonyl (C=O) groups is 2. The molecule has 3 aromatic rings. The zero-order valence-electron chi connectivity index (χ0n) is 20.8. The topological polar surface area (TPSA) is 92.5 Å². The number of anilines is 1. The standard InChI is InChI=1S/C29H25Cl2N3O4/c1-15-11-16(2)26-20(12-15)29(28(36)32-26)25(27(35)18-8-9-21(30)22(31)14-18)24(23-7-4-10-33(23)29)17-5-3-6-19(13-17)34(37)38/h3,5-6,8-9,11-14,23-25H,4,7,10H2,1-2H3,(H,32,36)/t23?,24?,25?,29-/m1/s1. The number of hydrogen-bond donors (Lipinski definition) is 1. The molecule has 0 radical (unpaired) electrons. The summed E-state index contributed by atoms with van der Waals surface area (Å²) in [5.41, 5.74) is 3.18. The van der Waals surface area contributed by atoms with E-state index in [9.17, 15) is 19.7 Å². The van der Waals surface area contributed by atoms with E-state index < -0.39 is 22.3 Å².